The highest BCUT2D eigenvalue weighted by molar-refractivity contribution is 6.30. The summed E-state index contributed by atoms with van der Waals surface area (Å²) in [4.78, 5) is 56.1. The molecule has 3 N–H and O–H groups in total. The van der Waals surface area contributed by atoms with Crippen molar-refractivity contribution in [3.63, 3.8) is 0 Å². The number of piperazine rings is 1. The van der Waals surface area contributed by atoms with Crippen LogP contribution < -0.4 is 15.4 Å². The van der Waals surface area contributed by atoms with E-state index < -0.39 is 30.4 Å². The molecule has 3 amide bonds. The number of ether oxygens (including phenoxy) is 2. The number of anilines is 1. The number of rotatable bonds is 10. The second kappa shape index (κ2) is 13.3. The highest BCUT2D eigenvalue weighted by Gasteiger charge is 2.48. The van der Waals surface area contributed by atoms with Crippen LogP contribution in [0.1, 0.15) is 18.7 Å². The maximum Gasteiger partial charge on any atom is 0.261 e. The summed E-state index contributed by atoms with van der Waals surface area (Å²) in [6.07, 6.45) is -1.03. The van der Waals surface area contributed by atoms with Gasteiger partial charge in [0.2, 0.25) is 11.8 Å². The molecule has 0 radical (unpaired) electrons. The second-order valence-electron chi connectivity index (χ2n) is 9.98. The number of fused-ring (bicyclic) bond motifs is 1. The van der Waals surface area contributed by atoms with E-state index >= 15 is 0 Å². The van der Waals surface area contributed by atoms with Crippen LogP contribution in [-0.2, 0) is 25.7 Å². The van der Waals surface area contributed by atoms with Crippen molar-refractivity contribution >= 4 is 46.3 Å². The summed E-state index contributed by atoms with van der Waals surface area (Å²) in [5, 5.41) is 20.5. The molecule has 0 unspecified atom stereocenters. The van der Waals surface area contributed by atoms with Gasteiger partial charge in [0.25, 0.3) is 5.91 Å². The molecular weight excluding hydrogens is 598 g/mol. The molecule has 4 heterocycles. The SMILES string of the molecule is CCN1CCN(C(=O)COc2ccc(Cl)cc2CNc2ncnc3c2ncn3[C@@H]2O[C@H](C(=O)NC)[C@@H](N=[N+]=[N-])[C@H]2O)CC1=O. The van der Waals surface area contributed by atoms with Crippen molar-refractivity contribution in [1.82, 2.24) is 34.6 Å². The predicted octanol–water partition coefficient (Wildman–Crippen LogP) is 0.845. The number of benzene rings is 1. The quantitative estimate of drug-likeness (QED) is 0.164. The number of aliphatic hydroxyl groups is 1. The number of azide groups is 1. The minimum Gasteiger partial charge on any atom is -0.483 e. The zero-order valence-electron chi connectivity index (χ0n) is 23.8. The standard InChI is InChI=1S/C26H30ClN11O6/c1-3-36-6-7-37(10-17(36)39)18(40)11-43-16-5-4-15(27)8-14(16)9-30-23-20-24(32-12-31-23)38(13-33-20)26-21(41)19(34-35-28)22(44-26)25(42)29-2/h4-5,8,12-13,19,21-22,26,41H,3,6-7,9-11H2,1-2H3,(H,29,42)(H,30,31,32)/t19-,21+,22-,26+/m0/s1. The van der Waals surface area contributed by atoms with Gasteiger partial charge >= 0.3 is 0 Å². The van der Waals surface area contributed by atoms with Crippen LogP contribution in [0.2, 0.25) is 5.02 Å². The summed E-state index contributed by atoms with van der Waals surface area (Å²) in [6, 6.07) is 3.81. The molecule has 2 aliphatic heterocycles. The van der Waals surface area contributed by atoms with Crippen LogP contribution in [0.15, 0.2) is 36.0 Å². The Labute approximate surface area is 255 Å². The fourth-order valence-corrected chi connectivity index (χ4v) is 5.29. The van der Waals surface area contributed by atoms with Crippen LogP contribution >= 0.6 is 11.6 Å². The van der Waals surface area contributed by atoms with E-state index in [1.54, 1.807) is 23.1 Å². The van der Waals surface area contributed by atoms with Crippen molar-refractivity contribution in [1.29, 1.82) is 0 Å². The molecule has 0 saturated carbocycles. The highest BCUT2D eigenvalue weighted by Crippen LogP contribution is 2.34. The molecule has 0 spiro atoms. The molecule has 4 atom stereocenters. The number of halogens is 1. The minimum atomic E-state index is -1.36. The van der Waals surface area contributed by atoms with Crippen LogP contribution in [0.3, 0.4) is 0 Å². The fraction of sp³-hybridized carbons (Fsp3) is 0.462. The largest absolute Gasteiger partial charge is 0.483 e. The van der Waals surface area contributed by atoms with E-state index in [0.29, 0.717) is 47.3 Å². The van der Waals surface area contributed by atoms with Gasteiger partial charge in [-0.15, -0.1) is 0 Å². The first-order valence-electron chi connectivity index (χ1n) is 13.7. The summed E-state index contributed by atoms with van der Waals surface area (Å²) in [5.41, 5.74) is 10.2. The topological polar surface area (TPSA) is 213 Å². The number of hydrogen-bond acceptors (Lipinski definition) is 11. The average molecular weight is 628 g/mol. The van der Waals surface area contributed by atoms with Crippen molar-refractivity contribution in [2.24, 2.45) is 5.11 Å². The normalized spacial score (nSPS) is 21.7. The van der Waals surface area contributed by atoms with Crippen molar-refractivity contribution < 1.29 is 29.0 Å². The lowest BCUT2D eigenvalue weighted by atomic mass is 10.1. The zero-order chi connectivity index (χ0) is 31.4. The number of carbonyl (C=O) groups is 3. The minimum absolute atomic E-state index is 0.0169. The summed E-state index contributed by atoms with van der Waals surface area (Å²) < 4.78 is 13.1. The monoisotopic (exact) mass is 627 g/mol. The molecule has 2 aromatic heterocycles. The summed E-state index contributed by atoms with van der Waals surface area (Å²) in [7, 11) is 1.40. The molecule has 2 aliphatic rings. The fourth-order valence-electron chi connectivity index (χ4n) is 5.10. The first-order valence-corrected chi connectivity index (χ1v) is 14.1. The molecule has 1 aromatic carbocycles. The van der Waals surface area contributed by atoms with Crippen molar-refractivity contribution in [2.45, 2.75) is 37.9 Å². The van der Waals surface area contributed by atoms with Gasteiger partial charge in [0, 0.05) is 48.7 Å². The number of likely N-dealkylation sites (N-methyl/N-ethyl adjacent to an activating group) is 2. The van der Waals surface area contributed by atoms with Crippen molar-refractivity contribution in [3.8, 4) is 5.75 Å². The Morgan fingerprint density at radius 3 is 2.84 bits per heavy atom. The van der Waals surface area contributed by atoms with Crippen LogP contribution in [0.5, 0.6) is 5.75 Å². The van der Waals surface area contributed by atoms with Gasteiger partial charge in [-0.25, -0.2) is 15.0 Å². The molecule has 2 saturated heterocycles. The van der Waals surface area contributed by atoms with E-state index in [4.69, 9.17) is 26.6 Å². The van der Waals surface area contributed by atoms with E-state index in [1.807, 2.05) is 6.92 Å². The number of aliphatic hydroxyl groups excluding tert-OH is 1. The van der Waals surface area contributed by atoms with E-state index in [1.165, 1.54) is 29.2 Å². The van der Waals surface area contributed by atoms with Gasteiger partial charge < -0.3 is 35.0 Å². The Kier molecular flexibility index (Phi) is 9.29. The lowest BCUT2D eigenvalue weighted by molar-refractivity contribution is -0.146. The maximum atomic E-state index is 12.8. The Balaban J connectivity index is 1.30. The van der Waals surface area contributed by atoms with E-state index in [9.17, 15) is 19.5 Å². The zero-order valence-corrected chi connectivity index (χ0v) is 24.6. The summed E-state index contributed by atoms with van der Waals surface area (Å²) >= 11 is 6.25. The van der Waals surface area contributed by atoms with Gasteiger partial charge in [0.1, 0.15) is 30.3 Å². The molecule has 18 heteroatoms. The average Bonchev–Trinajstić information content (AvgIpc) is 3.60. The maximum absolute atomic E-state index is 12.8. The first kappa shape index (κ1) is 30.7. The second-order valence-corrected chi connectivity index (χ2v) is 10.4. The molecular formula is C26H30ClN11O6. The third-order valence-corrected chi connectivity index (χ3v) is 7.67. The number of carbonyl (C=O) groups excluding carboxylic acids is 3. The molecule has 3 aromatic rings. The summed E-state index contributed by atoms with van der Waals surface area (Å²) in [6.45, 7) is 3.36. The Morgan fingerprint density at radius 2 is 2.11 bits per heavy atom. The van der Waals surface area contributed by atoms with E-state index in [-0.39, 0.29) is 37.2 Å². The molecule has 0 bridgehead atoms. The number of nitrogens with one attached hydrogen (secondary N) is 2. The molecule has 232 valence electrons. The van der Waals surface area contributed by atoms with Gasteiger partial charge in [-0.2, -0.15) is 0 Å². The molecule has 0 aliphatic carbocycles. The van der Waals surface area contributed by atoms with Crippen LogP contribution in [0.25, 0.3) is 21.6 Å². The lowest BCUT2D eigenvalue weighted by Gasteiger charge is -2.33. The third-order valence-electron chi connectivity index (χ3n) is 7.43. The number of aromatic nitrogens is 4. The Hall–Kier alpha value is -4.70. The summed E-state index contributed by atoms with van der Waals surface area (Å²) in [5.74, 6) is -0.206. The molecule has 5 rings (SSSR count). The smallest absolute Gasteiger partial charge is 0.261 e. The van der Waals surface area contributed by atoms with Gasteiger partial charge in [0.15, 0.2) is 29.8 Å². The van der Waals surface area contributed by atoms with E-state index in [0.717, 1.165) is 0 Å². The number of amides is 3. The Morgan fingerprint density at radius 1 is 1.30 bits per heavy atom. The number of nitrogens with zero attached hydrogens (tertiary/aromatic N) is 9. The first-order chi connectivity index (χ1) is 21.2. The van der Waals surface area contributed by atoms with Crippen LogP contribution in [-0.4, -0.2) is 110 Å². The van der Waals surface area contributed by atoms with Crippen LogP contribution in [0, 0.1) is 0 Å². The lowest BCUT2D eigenvalue weighted by Crippen LogP contribution is -2.53. The predicted molar refractivity (Wildman–Crippen MR) is 155 cm³/mol. The van der Waals surface area contributed by atoms with Gasteiger partial charge in [-0.05, 0) is 30.7 Å². The van der Waals surface area contributed by atoms with E-state index in [2.05, 4.69) is 35.6 Å². The molecule has 44 heavy (non-hydrogen) atoms. The van der Waals surface area contributed by atoms with Gasteiger partial charge in [0.05, 0.1) is 12.9 Å². The van der Waals surface area contributed by atoms with Gasteiger partial charge in [-0.1, -0.05) is 16.7 Å². The molecule has 17 nitrogen and oxygen atoms in total. The Bertz CT molecular complexity index is 1610. The van der Waals surface area contributed by atoms with Crippen molar-refractivity contribution in [3.05, 3.63) is 51.9 Å². The molecule has 2 fully saturated rings. The number of imidazole rings is 1. The number of hydrogen-bond donors (Lipinski definition) is 3. The highest BCUT2D eigenvalue weighted by atomic mass is 35.5. The van der Waals surface area contributed by atoms with Crippen LogP contribution in [0.4, 0.5) is 5.82 Å². The van der Waals surface area contributed by atoms with Crippen molar-refractivity contribution in [2.75, 3.05) is 45.2 Å². The third kappa shape index (κ3) is 6.16. The van der Waals surface area contributed by atoms with Gasteiger partial charge in [-0.3, -0.25) is 19.0 Å².